The summed E-state index contributed by atoms with van der Waals surface area (Å²) in [5.41, 5.74) is 7.90. The smallest absolute Gasteiger partial charge is 0.234 e. The standard InChI is InChI=1S/C15H19N3O2.ClH/c1-11-2-4-12(5-3-11)13-17-14(20-18-13)15(10-16)6-8-19-9-7-15;/h2-5H,6-10,16H2,1H3;1H. The first-order valence-corrected chi connectivity index (χ1v) is 6.93. The number of aryl methyl sites for hydroxylation is 1. The first-order valence-electron chi connectivity index (χ1n) is 6.93. The summed E-state index contributed by atoms with van der Waals surface area (Å²) in [4.78, 5) is 4.56. The Balaban J connectivity index is 0.00000161. The molecular formula is C15H20ClN3O2. The van der Waals surface area contributed by atoms with E-state index in [1.54, 1.807) is 0 Å². The Kier molecular flexibility index (Phi) is 4.98. The average Bonchev–Trinajstić information content (AvgIpc) is 2.99. The van der Waals surface area contributed by atoms with Gasteiger partial charge in [-0.3, -0.25) is 0 Å². The lowest BCUT2D eigenvalue weighted by Crippen LogP contribution is -2.40. The molecule has 21 heavy (non-hydrogen) atoms. The van der Waals surface area contributed by atoms with Crippen molar-refractivity contribution in [2.75, 3.05) is 19.8 Å². The van der Waals surface area contributed by atoms with Crippen LogP contribution in [-0.2, 0) is 10.2 Å². The molecule has 1 aliphatic rings. The Morgan fingerprint density at radius 2 is 1.86 bits per heavy atom. The average molecular weight is 310 g/mol. The zero-order valence-corrected chi connectivity index (χ0v) is 12.9. The minimum absolute atomic E-state index is 0. The van der Waals surface area contributed by atoms with Gasteiger partial charge in [-0.2, -0.15) is 4.98 Å². The molecule has 0 aliphatic carbocycles. The molecule has 1 aliphatic heterocycles. The summed E-state index contributed by atoms with van der Waals surface area (Å²) in [6, 6.07) is 8.09. The number of hydrogen-bond acceptors (Lipinski definition) is 5. The highest BCUT2D eigenvalue weighted by atomic mass is 35.5. The van der Waals surface area contributed by atoms with Crippen molar-refractivity contribution < 1.29 is 9.26 Å². The molecule has 0 unspecified atom stereocenters. The molecule has 0 atom stereocenters. The van der Waals surface area contributed by atoms with Crippen LogP contribution in [0.5, 0.6) is 0 Å². The molecule has 1 fully saturated rings. The van der Waals surface area contributed by atoms with E-state index >= 15 is 0 Å². The van der Waals surface area contributed by atoms with Crippen LogP contribution in [0.3, 0.4) is 0 Å². The Morgan fingerprint density at radius 1 is 1.19 bits per heavy atom. The molecule has 114 valence electrons. The zero-order valence-electron chi connectivity index (χ0n) is 12.0. The van der Waals surface area contributed by atoms with Gasteiger partial charge < -0.3 is 15.0 Å². The molecule has 1 aromatic carbocycles. The Hall–Kier alpha value is -1.43. The maximum Gasteiger partial charge on any atom is 0.234 e. The largest absolute Gasteiger partial charge is 0.381 e. The van der Waals surface area contributed by atoms with Crippen LogP contribution < -0.4 is 5.73 Å². The highest BCUT2D eigenvalue weighted by Gasteiger charge is 2.38. The van der Waals surface area contributed by atoms with Gasteiger partial charge in [-0.25, -0.2) is 0 Å². The Bertz CT molecular complexity index is 577. The van der Waals surface area contributed by atoms with Crippen molar-refractivity contribution >= 4 is 12.4 Å². The monoisotopic (exact) mass is 309 g/mol. The molecule has 0 bridgehead atoms. The van der Waals surface area contributed by atoms with Crippen LogP contribution in [0.2, 0.25) is 0 Å². The Morgan fingerprint density at radius 3 is 2.48 bits per heavy atom. The van der Waals surface area contributed by atoms with Gasteiger partial charge >= 0.3 is 0 Å². The minimum atomic E-state index is -0.228. The summed E-state index contributed by atoms with van der Waals surface area (Å²) in [5.74, 6) is 1.26. The predicted octanol–water partition coefficient (Wildman–Crippen LogP) is 2.47. The summed E-state index contributed by atoms with van der Waals surface area (Å²) in [7, 11) is 0. The second-order valence-corrected chi connectivity index (χ2v) is 5.39. The number of aromatic nitrogens is 2. The number of hydrogen-bond donors (Lipinski definition) is 1. The second-order valence-electron chi connectivity index (χ2n) is 5.39. The van der Waals surface area contributed by atoms with Gasteiger partial charge in [0.15, 0.2) is 0 Å². The fraction of sp³-hybridized carbons (Fsp3) is 0.467. The fourth-order valence-electron chi connectivity index (χ4n) is 2.53. The van der Waals surface area contributed by atoms with Crippen LogP contribution in [0.4, 0.5) is 0 Å². The summed E-state index contributed by atoms with van der Waals surface area (Å²) in [6.07, 6.45) is 1.66. The van der Waals surface area contributed by atoms with Crippen molar-refractivity contribution in [3.63, 3.8) is 0 Å². The van der Waals surface area contributed by atoms with E-state index in [1.807, 2.05) is 24.3 Å². The summed E-state index contributed by atoms with van der Waals surface area (Å²) in [6.45, 7) is 3.95. The van der Waals surface area contributed by atoms with Gasteiger partial charge in [-0.05, 0) is 19.8 Å². The lowest BCUT2D eigenvalue weighted by atomic mass is 9.80. The van der Waals surface area contributed by atoms with Gasteiger partial charge in [0.1, 0.15) is 0 Å². The summed E-state index contributed by atoms with van der Waals surface area (Å²) >= 11 is 0. The highest BCUT2D eigenvalue weighted by Crippen LogP contribution is 2.33. The molecular weight excluding hydrogens is 290 g/mol. The van der Waals surface area contributed by atoms with E-state index in [9.17, 15) is 0 Å². The van der Waals surface area contributed by atoms with E-state index in [0.29, 0.717) is 31.5 Å². The maximum absolute atomic E-state index is 5.95. The van der Waals surface area contributed by atoms with Crippen molar-refractivity contribution in [1.29, 1.82) is 0 Å². The van der Waals surface area contributed by atoms with E-state index < -0.39 is 0 Å². The van der Waals surface area contributed by atoms with Crippen molar-refractivity contribution in [2.45, 2.75) is 25.2 Å². The van der Waals surface area contributed by atoms with Gasteiger partial charge in [-0.1, -0.05) is 35.0 Å². The fourth-order valence-corrected chi connectivity index (χ4v) is 2.53. The third-order valence-electron chi connectivity index (χ3n) is 4.03. The molecule has 0 radical (unpaired) electrons. The van der Waals surface area contributed by atoms with E-state index in [1.165, 1.54) is 5.56 Å². The molecule has 0 amide bonds. The van der Waals surface area contributed by atoms with Crippen LogP contribution in [0.15, 0.2) is 28.8 Å². The van der Waals surface area contributed by atoms with Crippen LogP contribution in [0, 0.1) is 6.92 Å². The molecule has 5 nitrogen and oxygen atoms in total. The van der Waals surface area contributed by atoms with Crippen molar-refractivity contribution in [2.24, 2.45) is 5.73 Å². The van der Waals surface area contributed by atoms with Gasteiger partial charge in [0, 0.05) is 25.3 Å². The zero-order chi connectivity index (χ0) is 14.0. The van der Waals surface area contributed by atoms with Crippen LogP contribution >= 0.6 is 12.4 Å². The summed E-state index contributed by atoms with van der Waals surface area (Å²) in [5, 5.41) is 4.10. The normalized spacial score (nSPS) is 17.2. The van der Waals surface area contributed by atoms with Gasteiger partial charge in [-0.15, -0.1) is 12.4 Å². The topological polar surface area (TPSA) is 74.2 Å². The third-order valence-corrected chi connectivity index (χ3v) is 4.03. The number of nitrogens with two attached hydrogens (primary N) is 1. The molecule has 0 spiro atoms. The van der Waals surface area contributed by atoms with Gasteiger partial charge in [0.05, 0.1) is 5.41 Å². The van der Waals surface area contributed by atoms with E-state index in [0.717, 1.165) is 18.4 Å². The van der Waals surface area contributed by atoms with Gasteiger partial charge in [0.25, 0.3) is 0 Å². The molecule has 2 heterocycles. The van der Waals surface area contributed by atoms with E-state index in [4.69, 9.17) is 15.0 Å². The quantitative estimate of drug-likeness (QED) is 0.942. The van der Waals surface area contributed by atoms with E-state index in [2.05, 4.69) is 17.1 Å². The summed E-state index contributed by atoms with van der Waals surface area (Å²) < 4.78 is 10.9. The highest BCUT2D eigenvalue weighted by molar-refractivity contribution is 5.85. The first kappa shape index (κ1) is 15.9. The minimum Gasteiger partial charge on any atom is -0.381 e. The van der Waals surface area contributed by atoms with Crippen molar-refractivity contribution in [1.82, 2.24) is 10.1 Å². The molecule has 2 N–H and O–H groups in total. The van der Waals surface area contributed by atoms with Crippen molar-refractivity contribution in [3.05, 3.63) is 35.7 Å². The van der Waals surface area contributed by atoms with Gasteiger partial charge in [0.2, 0.25) is 11.7 Å². The molecule has 1 aromatic heterocycles. The third kappa shape index (κ3) is 3.10. The van der Waals surface area contributed by atoms with Crippen LogP contribution in [0.1, 0.15) is 24.3 Å². The number of halogens is 1. The molecule has 0 saturated carbocycles. The maximum atomic E-state index is 5.95. The Labute approximate surface area is 130 Å². The SMILES string of the molecule is Cc1ccc(-c2noc(C3(CN)CCOCC3)n2)cc1.Cl. The number of rotatable bonds is 3. The number of nitrogens with zero attached hydrogens (tertiary/aromatic N) is 2. The molecule has 6 heteroatoms. The molecule has 1 saturated heterocycles. The first-order chi connectivity index (χ1) is 9.73. The van der Waals surface area contributed by atoms with Crippen molar-refractivity contribution in [3.8, 4) is 11.4 Å². The lowest BCUT2D eigenvalue weighted by Gasteiger charge is -2.32. The molecule has 3 rings (SSSR count). The number of ether oxygens (including phenoxy) is 1. The van der Waals surface area contributed by atoms with Crippen LogP contribution in [-0.4, -0.2) is 29.9 Å². The van der Waals surface area contributed by atoms with Crippen LogP contribution in [0.25, 0.3) is 11.4 Å². The molecule has 2 aromatic rings. The lowest BCUT2D eigenvalue weighted by molar-refractivity contribution is 0.0409. The predicted molar refractivity (Wildman–Crippen MR) is 82.5 cm³/mol. The second kappa shape index (κ2) is 6.56. The van der Waals surface area contributed by atoms with E-state index in [-0.39, 0.29) is 17.8 Å². The number of benzene rings is 1.